The van der Waals surface area contributed by atoms with Gasteiger partial charge in [0.15, 0.2) is 4.34 Å². The highest BCUT2D eigenvalue weighted by molar-refractivity contribution is 8.00. The Kier molecular flexibility index (Phi) is 3.72. The molecule has 2 aromatic heterocycles. The number of nitrogens with two attached hydrogens (primary N) is 1. The van der Waals surface area contributed by atoms with Gasteiger partial charge >= 0.3 is 0 Å². The van der Waals surface area contributed by atoms with E-state index in [4.69, 9.17) is 5.73 Å². The lowest BCUT2D eigenvalue weighted by molar-refractivity contribution is -0.385. The van der Waals surface area contributed by atoms with Crippen LogP contribution in [0.15, 0.2) is 21.5 Å². The molecule has 0 amide bonds. The lowest BCUT2D eigenvalue weighted by atomic mass is 10.4. The second-order valence-corrected chi connectivity index (χ2v) is 5.30. The molecule has 0 unspecified atom stereocenters. The summed E-state index contributed by atoms with van der Waals surface area (Å²) in [6.07, 6.45) is 0.752. The van der Waals surface area contributed by atoms with Crippen molar-refractivity contribution < 1.29 is 4.92 Å². The molecule has 2 rings (SSSR count). The van der Waals surface area contributed by atoms with Crippen LogP contribution in [0.4, 0.5) is 11.5 Å². The zero-order chi connectivity index (χ0) is 13.1. The standard InChI is InChI=1S/C9H9N5O2S2/c1-2-7-12-9(18-13-7)17-8-4-5(14(15)16)3-6(10)11-8/h3-4H,2H2,1H3,(H2,10,11). The topological polar surface area (TPSA) is 108 Å². The zero-order valence-corrected chi connectivity index (χ0v) is 11.0. The Labute approximate surface area is 111 Å². The van der Waals surface area contributed by atoms with E-state index in [1.165, 1.54) is 35.4 Å². The average molecular weight is 283 g/mol. The Morgan fingerprint density at radius 2 is 2.28 bits per heavy atom. The van der Waals surface area contributed by atoms with E-state index >= 15 is 0 Å². The molecule has 0 atom stereocenters. The van der Waals surface area contributed by atoms with Crippen LogP contribution in [0.2, 0.25) is 0 Å². The number of hydrogen-bond donors (Lipinski definition) is 1. The van der Waals surface area contributed by atoms with Gasteiger partial charge in [-0.25, -0.2) is 9.97 Å². The van der Waals surface area contributed by atoms with Gasteiger partial charge in [0.2, 0.25) is 0 Å². The number of nitrogen functional groups attached to an aromatic ring is 1. The van der Waals surface area contributed by atoms with Gasteiger partial charge in [-0.3, -0.25) is 10.1 Å². The van der Waals surface area contributed by atoms with E-state index < -0.39 is 4.92 Å². The van der Waals surface area contributed by atoms with Crippen molar-refractivity contribution in [1.82, 2.24) is 14.3 Å². The monoisotopic (exact) mass is 283 g/mol. The third-order valence-corrected chi connectivity index (χ3v) is 3.68. The summed E-state index contributed by atoms with van der Waals surface area (Å²) in [5.74, 6) is 0.868. The molecule has 2 heterocycles. The summed E-state index contributed by atoms with van der Waals surface area (Å²) in [6.45, 7) is 1.96. The maximum Gasteiger partial charge on any atom is 0.275 e. The largest absolute Gasteiger partial charge is 0.383 e. The van der Waals surface area contributed by atoms with Crippen molar-refractivity contribution in [2.75, 3.05) is 5.73 Å². The summed E-state index contributed by atoms with van der Waals surface area (Å²) < 4.78 is 4.82. The lowest BCUT2D eigenvalue weighted by Crippen LogP contribution is -1.95. The van der Waals surface area contributed by atoms with Gasteiger partial charge in [0.25, 0.3) is 5.69 Å². The predicted octanol–water partition coefficient (Wildman–Crippen LogP) is 2.14. The maximum absolute atomic E-state index is 10.7. The quantitative estimate of drug-likeness (QED) is 0.676. The van der Waals surface area contributed by atoms with Gasteiger partial charge in [0, 0.05) is 12.5 Å². The fourth-order valence-corrected chi connectivity index (χ4v) is 2.86. The highest BCUT2D eigenvalue weighted by Gasteiger charge is 2.12. The smallest absolute Gasteiger partial charge is 0.275 e. The van der Waals surface area contributed by atoms with Crippen molar-refractivity contribution in [3.63, 3.8) is 0 Å². The van der Waals surface area contributed by atoms with E-state index in [9.17, 15) is 10.1 Å². The van der Waals surface area contributed by atoms with Crippen LogP contribution in [0.5, 0.6) is 0 Å². The van der Waals surface area contributed by atoms with Crippen LogP contribution in [0.25, 0.3) is 0 Å². The SMILES string of the molecule is CCc1nsc(Sc2cc([N+](=O)[O-])cc(N)n2)n1. The first-order valence-corrected chi connectivity index (χ1v) is 6.60. The molecule has 0 aliphatic rings. The normalized spacial score (nSPS) is 10.5. The van der Waals surface area contributed by atoms with E-state index in [0.29, 0.717) is 9.37 Å². The fraction of sp³-hybridized carbons (Fsp3) is 0.222. The third-order valence-electron chi connectivity index (χ3n) is 1.97. The number of anilines is 1. The Balaban J connectivity index is 2.25. The van der Waals surface area contributed by atoms with E-state index in [1.807, 2.05) is 6.92 Å². The van der Waals surface area contributed by atoms with E-state index in [1.54, 1.807) is 0 Å². The van der Waals surface area contributed by atoms with E-state index in [-0.39, 0.29) is 11.5 Å². The average Bonchev–Trinajstić information content (AvgIpc) is 2.76. The molecule has 0 bridgehead atoms. The molecule has 0 saturated carbocycles. The number of nitro groups is 1. The van der Waals surface area contributed by atoms with Crippen LogP contribution in [-0.2, 0) is 6.42 Å². The van der Waals surface area contributed by atoms with Gasteiger partial charge in [0.1, 0.15) is 16.7 Å². The molecule has 7 nitrogen and oxygen atoms in total. The molecule has 0 aliphatic carbocycles. The van der Waals surface area contributed by atoms with Gasteiger partial charge in [0.05, 0.1) is 11.0 Å². The minimum Gasteiger partial charge on any atom is -0.383 e. The molecular formula is C9H9N5O2S2. The van der Waals surface area contributed by atoms with Crippen LogP contribution >= 0.6 is 23.3 Å². The first-order chi connectivity index (χ1) is 8.58. The van der Waals surface area contributed by atoms with Gasteiger partial charge in [-0.2, -0.15) is 4.37 Å². The van der Waals surface area contributed by atoms with Crippen LogP contribution in [-0.4, -0.2) is 19.3 Å². The number of aryl methyl sites for hydroxylation is 1. The summed E-state index contributed by atoms with van der Waals surface area (Å²) in [4.78, 5) is 18.5. The van der Waals surface area contributed by atoms with Crippen LogP contribution in [0.1, 0.15) is 12.7 Å². The lowest BCUT2D eigenvalue weighted by Gasteiger charge is -1.99. The summed E-state index contributed by atoms with van der Waals surface area (Å²) in [6, 6.07) is 2.59. The maximum atomic E-state index is 10.7. The van der Waals surface area contributed by atoms with Gasteiger partial charge in [-0.05, 0) is 23.3 Å². The molecule has 0 aromatic carbocycles. The van der Waals surface area contributed by atoms with Crippen molar-refractivity contribution in [2.24, 2.45) is 0 Å². The molecule has 2 N–H and O–H groups in total. The molecule has 0 spiro atoms. The number of rotatable bonds is 4. The summed E-state index contributed by atoms with van der Waals surface area (Å²) in [5.41, 5.74) is 5.44. The van der Waals surface area contributed by atoms with Crippen molar-refractivity contribution in [3.8, 4) is 0 Å². The van der Waals surface area contributed by atoms with Crippen molar-refractivity contribution in [2.45, 2.75) is 22.7 Å². The zero-order valence-electron chi connectivity index (χ0n) is 9.36. The highest BCUT2D eigenvalue weighted by Crippen LogP contribution is 2.30. The molecule has 9 heteroatoms. The number of nitrogens with zero attached hydrogens (tertiary/aromatic N) is 4. The van der Waals surface area contributed by atoms with Gasteiger partial charge < -0.3 is 5.73 Å². The van der Waals surface area contributed by atoms with Gasteiger partial charge in [-0.1, -0.05) is 6.92 Å². The van der Waals surface area contributed by atoms with E-state index in [2.05, 4.69) is 14.3 Å². The molecule has 0 radical (unpaired) electrons. The Morgan fingerprint density at radius 3 is 2.89 bits per heavy atom. The van der Waals surface area contributed by atoms with Crippen molar-refractivity contribution >= 4 is 34.8 Å². The third kappa shape index (κ3) is 2.93. The predicted molar refractivity (Wildman–Crippen MR) is 68.7 cm³/mol. The highest BCUT2D eigenvalue weighted by atomic mass is 32.2. The Bertz CT molecular complexity index is 586. The van der Waals surface area contributed by atoms with Crippen LogP contribution in [0.3, 0.4) is 0 Å². The molecule has 0 fully saturated rings. The fourth-order valence-electron chi connectivity index (χ4n) is 1.18. The summed E-state index contributed by atoms with van der Waals surface area (Å²) >= 11 is 2.46. The second kappa shape index (κ2) is 5.27. The minimum absolute atomic E-state index is 0.0785. The molecule has 94 valence electrons. The van der Waals surface area contributed by atoms with Crippen molar-refractivity contribution in [3.05, 3.63) is 28.1 Å². The number of pyridine rings is 1. The number of hydrogen-bond acceptors (Lipinski definition) is 8. The van der Waals surface area contributed by atoms with E-state index in [0.717, 1.165) is 12.2 Å². The molecule has 0 aliphatic heterocycles. The van der Waals surface area contributed by atoms with Crippen LogP contribution in [0, 0.1) is 10.1 Å². The van der Waals surface area contributed by atoms with Crippen molar-refractivity contribution in [1.29, 1.82) is 0 Å². The molecular weight excluding hydrogens is 274 g/mol. The summed E-state index contributed by atoms with van der Waals surface area (Å²) in [7, 11) is 0. The van der Waals surface area contributed by atoms with Crippen LogP contribution < -0.4 is 5.73 Å². The Hall–Kier alpha value is -1.74. The first-order valence-electron chi connectivity index (χ1n) is 5.01. The first kappa shape index (κ1) is 12.7. The summed E-state index contributed by atoms with van der Waals surface area (Å²) in [5, 5.41) is 11.1. The molecule has 0 saturated heterocycles. The van der Waals surface area contributed by atoms with Gasteiger partial charge in [-0.15, -0.1) is 0 Å². The second-order valence-electron chi connectivity index (χ2n) is 3.28. The Morgan fingerprint density at radius 1 is 1.50 bits per heavy atom. The molecule has 2 aromatic rings. The molecule has 18 heavy (non-hydrogen) atoms. The minimum atomic E-state index is -0.500. The number of aromatic nitrogens is 3.